The molecule has 0 spiro atoms. The summed E-state index contributed by atoms with van der Waals surface area (Å²) in [4.78, 5) is 6.32. The lowest BCUT2D eigenvalue weighted by atomic mass is 9.97. The van der Waals surface area contributed by atoms with Crippen LogP contribution in [0, 0.1) is 0 Å². The monoisotopic (exact) mass is 357 g/mol. The van der Waals surface area contributed by atoms with Gasteiger partial charge in [0.25, 0.3) is 5.13 Å². The molecule has 25 heavy (non-hydrogen) atoms. The van der Waals surface area contributed by atoms with E-state index in [0.29, 0.717) is 6.04 Å². The van der Waals surface area contributed by atoms with Crippen LogP contribution in [0.5, 0.6) is 0 Å². The van der Waals surface area contributed by atoms with Gasteiger partial charge in [0.05, 0.1) is 33.2 Å². The number of hydrogen-bond acceptors (Lipinski definition) is 2. The van der Waals surface area contributed by atoms with Gasteiger partial charge < -0.3 is 4.48 Å². The van der Waals surface area contributed by atoms with E-state index in [-0.39, 0.29) is 0 Å². The lowest BCUT2D eigenvalue weighted by Crippen LogP contribution is -3.12. The summed E-state index contributed by atoms with van der Waals surface area (Å²) in [5.41, 5.74) is 3.10. The highest BCUT2D eigenvalue weighted by Crippen LogP contribution is 2.25. The van der Waals surface area contributed by atoms with Crippen molar-refractivity contribution < 1.29 is 9.38 Å². The predicted octanol–water partition coefficient (Wildman–Crippen LogP) is 2.85. The molecule has 2 atom stereocenters. The van der Waals surface area contributed by atoms with Crippen LogP contribution in [-0.4, -0.2) is 48.7 Å². The molecule has 1 aliphatic heterocycles. The number of fused-ring (bicyclic) bond motifs is 1. The average Bonchev–Trinajstić information content (AvgIpc) is 3.25. The molecule has 134 valence electrons. The first-order valence-corrected chi connectivity index (χ1v) is 10.7. The standard InChI is InChI=1S/C21H30N3S/c1-24(2)13-6-5-9-20(24)10-12-23(21-22-11-14-25-21)19-15-17-7-3-4-8-18(17)16-19/h3-4,7-8,11,14,19-20H,5-6,9-10,12-13,15-16H2,1-2H3/q+1/p+1. The summed E-state index contributed by atoms with van der Waals surface area (Å²) in [5.74, 6) is 0. The lowest BCUT2D eigenvalue weighted by molar-refractivity contribution is -0.926. The predicted molar refractivity (Wildman–Crippen MR) is 104 cm³/mol. The Labute approximate surface area is 155 Å². The number of thiazole rings is 1. The van der Waals surface area contributed by atoms with Crippen molar-refractivity contribution in [3.05, 3.63) is 47.0 Å². The first kappa shape index (κ1) is 17.2. The van der Waals surface area contributed by atoms with Gasteiger partial charge in [-0.1, -0.05) is 35.6 Å². The summed E-state index contributed by atoms with van der Waals surface area (Å²) in [6.07, 6.45) is 9.89. The van der Waals surface area contributed by atoms with Crippen molar-refractivity contribution in [1.82, 2.24) is 4.98 Å². The zero-order chi connectivity index (χ0) is 17.3. The van der Waals surface area contributed by atoms with Crippen molar-refractivity contribution in [3.63, 3.8) is 0 Å². The molecule has 2 aliphatic rings. The maximum absolute atomic E-state index is 4.70. The van der Waals surface area contributed by atoms with Crippen LogP contribution in [0.15, 0.2) is 35.8 Å². The minimum absolute atomic E-state index is 0.655. The van der Waals surface area contributed by atoms with Crippen molar-refractivity contribution in [3.8, 4) is 0 Å². The molecule has 0 bridgehead atoms. The third kappa shape index (κ3) is 3.67. The van der Waals surface area contributed by atoms with Gasteiger partial charge in [-0.2, -0.15) is 4.98 Å². The zero-order valence-electron chi connectivity index (χ0n) is 15.6. The van der Waals surface area contributed by atoms with E-state index in [0.717, 1.165) is 6.04 Å². The second-order valence-electron chi connectivity index (χ2n) is 8.43. The number of quaternary nitrogens is 2. The van der Waals surface area contributed by atoms with Gasteiger partial charge in [0.15, 0.2) is 0 Å². The molecule has 2 unspecified atom stereocenters. The van der Waals surface area contributed by atoms with E-state index in [9.17, 15) is 0 Å². The van der Waals surface area contributed by atoms with Gasteiger partial charge in [-0.25, -0.2) is 0 Å². The van der Waals surface area contributed by atoms with E-state index in [1.165, 1.54) is 61.2 Å². The molecule has 0 amide bonds. The first-order chi connectivity index (χ1) is 12.1. The summed E-state index contributed by atoms with van der Waals surface area (Å²) in [5, 5.41) is 3.43. The van der Waals surface area contributed by atoms with Gasteiger partial charge in [-0.15, -0.1) is 0 Å². The van der Waals surface area contributed by atoms with Crippen LogP contribution >= 0.6 is 11.3 Å². The Bertz CT molecular complexity index is 670. The summed E-state index contributed by atoms with van der Waals surface area (Å²) in [6, 6.07) is 10.5. The second kappa shape index (κ2) is 7.18. The van der Waals surface area contributed by atoms with Crippen molar-refractivity contribution >= 4 is 16.5 Å². The molecule has 0 saturated carbocycles. The third-order valence-electron chi connectivity index (χ3n) is 6.51. The lowest BCUT2D eigenvalue weighted by Gasteiger charge is -2.42. The number of piperidine rings is 1. The quantitative estimate of drug-likeness (QED) is 0.815. The molecular weight excluding hydrogens is 326 g/mol. The maximum Gasteiger partial charge on any atom is 0.284 e. The number of benzene rings is 1. The molecule has 2 aromatic rings. The fourth-order valence-corrected chi connectivity index (χ4v) is 5.71. The van der Waals surface area contributed by atoms with Crippen LogP contribution in [0.4, 0.5) is 5.13 Å². The number of nitrogens with one attached hydrogen (secondary N) is 1. The Kier molecular flexibility index (Phi) is 4.94. The van der Waals surface area contributed by atoms with Crippen LogP contribution in [0.2, 0.25) is 0 Å². The summed E-state index contributed by atoms with van der Waals surface area (Å²) < 4.78 is 1.20. The molecule has 1 aliphatic carbocycles. The summed E-state index contributed by atoms with van der Waals surface area (Å²) in [6.45, 7) is 2.56. The highest BCUT2D eigenvalue weighted by molar-refractivity contribution is 7.12. The van der Waals surface area contributed by atoms with Gasteiger partial charge in [-0.05, 0) is 30.4 Å². The number of hydrogen-bond donors (Lipinski definition) is 1. The van der Waals surface area contributed by atoms with Crippen LogP contribution in [0.1, 0.15) is 36.8 Å². The molecule has 1 aromatic carbocycles. The maximum atomic E-state index is 4.70. The fraction of sp³-hybridized carbons (Fsp3) is 0.571. The van der Waals surface area contributed by atoms with Crippen molar-refractivity contribution in [2.24, 2.45) is 0 Å². The van der Waals surface area contributed by atoms with Crippen molar-refractivity contribution in [2.75, 3.05) is 27.2 Å². The van der Waals surface area contributed by atoms with E-state index in [1.807, 2.05) is 17.5 Å². The molecule has 1 aromatic heterocycles. The smallest absolute Gasteiger partial charge is 0.284 e. The molecule has 1 N–H and O–H groups in total. The SMILES string of the molecule is C[N+]1(C)CCCCC1CC[NH+](c1nccs1)C1Cc2ccccc2C1. The minimum atomic E-state index is 0.655. The van der Waals surface area contributed by atoms with E-state index >= 15 is 0 Å². The number of rotatable bonds is 5. The number of likely N-dealkylation sites (tertiary alicyclic amines) is 1. The van der Waals surface area contributed by atoms with E-state index in [1.54, 1.807) is 16.0 Å². The van der Waals surface area contributed by atoms with Crippen molar-refractivity contribution in [1.29, 1.82) is 0 Å². The highest BCUT2D eigenvalue weighted by atomic mass is 32.1. The van der Waals surface area contributed by atoms with E-state index < -0.39 is 0 Å². The van der Waals surface area contributed by atoms with Gasteiger partial charge in [0.2, 0.25) is 0 Å². The van der Waals surface area contributed by atoms with Gasteiger partial charge >= 0.3 is 0 Å². The Hall–Kier alpha value is -1.23. The second-order valence-corrected chi connectivity index (χ2v) is 9.32. The average molecular weight is 358 g/mol. The molecular formula is C21H31N3S+2. The van der Waals surface area contributed by atoms with E-state index in [4.69, 9.17) is 4.98 Å². The Balaban J connectivity index is 1.48. The molecule has 1 saturated heterocycles. The van der Waals surface area contributed by atoms with Crippen LogP contribution in [0.3, 0.4) is 0 Å². The topological polar surface area (TPSA) is 17.3 Å². The molecule has 2 heterocycles. The summed E-state index contributed by atoms with van der Waals surface area (Å²) >= 11 is 1.83. The van der Waals surface area contributed by atoms with Gasteiger partial charge in [-0.3, -0.25) is 4.90 Å². The third-order valence-corrected chi connectivity index (χ3v) is 7.36. The van der Waals surface area contributed by atoms with Gasteiger partial charge in [0.1, 0.15) is 6.04 Å². The van der Waals surface area contributed by atoms with Crippen LogP contribution < -0.4 is 4.90 Å². The number of aromatic nitrogens is 1. The molecule has 0 radical (unpaired) electrons. The summed E-state index contributed by atoms with van der Waals surface area (Å²) in [7, 11) is 4.86. The normalized spacial score (nSPS) is 24.2. The minimum Gasteiger partial charge on any atom is -0.326 e. The largest absolute Gasteiger partial charge is 0.326 e. The van der Waals surface area contributed by atoms with Crippen LogP contribution in [0.25, 0.3) is 0 Å². The Morgan fingerprint density at radius 3 is 2.56 bits per heavy atom. The highest BCUT2D eigenvalue weighted by Gasteiger charge is 2.36. The van der Waals surface area contributed by atoms with Gasteiger partial charge in [0, 0.05) is 30.8 Å². The van der Waals surface area contributed by atoms with Crippen molar-refractivity contribution in [2.45, 2.75) is 50.6 Å². The number of nitrogens with zero attached hydrogens (tertiary/aromatic N) is 2. The fourth-order valence-electron chi connectivity index (χ4n) is 4.92. The first-order valence-electron chi connectivity index (χ1n) is 9.78. The molecule has 1 fully saturated rings. The zero-order valence-corrected chi connectivity index (χ0v) is 16.4. The van der Waals surface area contributed by atoms with E-state index in [2.05, 4.69) is 43.7 Å². The molecule has 3 nitrogen and oxygen atoms in total. The Morgan fingerprint density at radius 1 is 1.16 bits per heavy atom. The molecule has 4 heteroatoms. The Morgan fingerprint density at radius 2 is 1.92 bits per heavy atom. The molecule has 4 rings (SSSR count). The van der Waals surface area contributed by atoms with Crippen LogP contribution in [-0.2, 0) is 12.8 Å².